The number of nitrogens with one attached hydrogen (secondary N) is 1. The molecule has 3 aromatic rings. The van der Waals surface area contributed by atoms with E-state index in [0.717, 1.165) is 18.7 Å². The summed E-state index contributed by atoms with van der Waals surface area (Å²) in [7, 11) is 2.04. The standard InChI is InChI=1S/C25H34N2OS.C6H3Cl2NO/c1-19(12-15-26-2)27-16-13-22(14-17-27)25(21-8-10-23(29-3)11-9-21)18-20-6-4-5-7-24(20)28-25;7-5-1-9-2-6(8)4(5)3-10/h4-11,19,22,26H,12-18H2,1-3H3;1-3H. The lowest BCUT2D eigenvalue weighted by molar-refractivity contribution is -0.0142. The van der Waals surface area contributed by atoms with Gasteiger partial charge in [-0.05, 0) is 88.4 Å². The van der Waals surface area contributed by atoms with E-state index in [1.807, 2.05) is 7.05 Å². The molecule has 1 saturated heterocycles. The van der Waals surface area contributed by atoms with E-state index in [1.165, 1.54) is 60.8 Å². The van der Waals surface area contributed by atoms with E-state index >= 15 is 0 Å². The van der Waals surface area contributed by atoms with E-state index in [-0.39, 0.29) is 15.6 Å². The van der Waals surface area contributed by atoms with Gasteiger partial charge in [-0.2, -0.15) is 0 Å². The molecule has 5 nitrogen and oxygen atoms in total. The molecule has 5 rings (SSSR count). The third-order valence-electron chi connectivity index (χ3n) is 7.93. The monoisotopic (exact) mass is 585 g/mol. The van der Waals surface area contributed by atoms with Crippen molar-refractivity contribution in [2.24, 2.45) is 5.92 Å². The van der Waals surface area contributed by atoms with Gasteiger partial charge < -0.3 is 15.0 Å². The van der Waals surface area contributed by atoms with Gasteiger partial charge in [0.2, 0.25) is 0 Å². The number of nitrogens with zero attached hydrogens (tertiary/aromatic N) is 2. The number of ether oxygens (including phenoxy) is 1. The molecule has 0 radical (unpaired) electrons. The van der Waals surface area contributed by atoms with Gasteiger partial charge in [0.1, 0.15) is 11.4 Å². The van der Waals surface area contributed by atoms with Crippen molar-refractivity contribution >= 4 is 41.2 Å². The number of thioether (sulfide) groups is 1. The Balaban J connectivity index is 0.000000298. The fourth-order valence-corrected chi connectivity index (χ4v) is 6.50. The van der Waals surface area contributed by atoms with Crippen molar-refractivity contribution < 1.29 is 9.53 Å². The van der Waals surface area contributed by atoms with Crippen LogP contribution < -0.4 is 10.1 Å². The molecule has 2 aromatic carbocycles. The van der Waals surface area contributed by atoms with Crippen molar-refractivity contribution in [3.05, 3.63) is 87.7 Å². The van der Waals surface area contributed by atoms with Crippen LogP contribution in [0.5, 0.6) is 5.75 Å². The highest BCUT2D eigenvalue weighted by Gasteiger charge is 2.48. The molecule has 0 amide bonds. The van der Waals surface area contributed by atoms with Crippen LogP contribution in [0.3, 0.4) is 0 Å². The lowest BCUT2D eigenvalue weighted by Gasteiger charge is -2.44. The van der Waals surface area contributed by atoms with Crippen LogP contribution >= 0.6 is 35.0 Å². The Morgan fingerprint density at radius 2 is 1.79 bits per heavy atom. The van der Waals surface area contributed by atoms with Crippen LogP contribution in [0.4, 0.5) is 0 Å². The van der Waals surface area contributed by atoms with Gasteiger partial charge in [-0.3, -0.25) is 9.78 Å². The quantitative estimate of drug-likeness (QED) is 0.224. The predicted molar refractivity (Wildman–Crippen MR) is 163 cm³/mol. The summed E-state index contributed by atoms with van der Waals surface area (Å²) in [5.41, 5.74) is 2.76. The Morgan fingerprint density at radius 1 is 1.13 bits per heavy atom. The topological polar surface area (TPSA) is 54.5 Å². The molecule has 8 heteroatoms. The molecule has 0 bridgehead atoms. The fourth-order valence-electron chi connectivity index (χ4n) is 5.64. The first-order chi connectivity index (χ1) is 18.9. The second-order valence-electron chi connectivity index (χ2n) is 10.2. The number of carbonyl (C=O) groups is 1. The van der Waals surface area contributed by atoms with Gasteiger partial charge in [-0.15, -0.1) is 11.8 Å². The molecular formula is C31H37Cl2N3O2S. The summed E-state index contributed by atoms with van der Waals surface area (Å²) < 4.78 is 6.82. The Bertz CT molecular complexity index is 1190. The number of para-hydroxylation sites is 1. The first-order valence-corrected chi connectivity index (χ1v) is 15.4. The Hall–Kier alpha value is -2.09. The van der Waals surface area contributed by atoms with Crippen molar-refractivity contribution in [3.8, 4) is 5.75 Å². The van der Waals surface area contributed by atoms with Gasteiger partial charge >= 0.3 is 0 Å². The minimum Gasteiger partial charge on any atom is -0.482 e. The summed E-state index contributed by atoms with van der Waals surface area (Å²) in [5.74, 6) is 1.62. The summed E-state index contributed by atoms with van der Waals surface area (Å²) in [5, 5.41) is 3.85. The molecule has 208 valence electrons. The molecule has 2 aliphatic heterocycles. The number of pyridine rings is 1. The Kier molecular flexibility index (Phi) is 10.7. The average Bonchev–Trinajstić information content (AvgIpc) is 3.37. The van der Waals surface area contributed by atoms with Crippen molar-refractivity contribution in [2.75, 3.05) is 32.9 Å². The first kappa shape index (κ1) is 29.9. The maximum Gasteiger partial charge on any atom is 0.153 e. The third kappa shape index (κ3) is 6.98. The number of hydrogen-bond acceptors (Lipinski definition) is 6. The molecule has 1 aromatic heterocycles. The smallest absolute Gasteiger partial charge is 0.153 e. The molecular weight excluding hydrogens is 549 g/mol. The number of carbonyl (C=O) groups excluding carboxylic acids is 1. The number of aldehydes is 1. The molecule has 2 atom stereocenters. The van der Waals surface area contributed by atoms with E-state index in [9.17, 15) is 4.79 Å². The van der Waals surface area contributed by atoms with Crippen LogP contribution in [-0.2, 0) is 12.0 Å². The number of hydrogen-bond donors (Lipinski definition) is 1. The van der Waals surface area contributed by atoms with Crippen LogP contribution in [0.1, 0.15) is 47.7 Å². The van der Waals surface area contributed by atoms with Gasteiger partial charge in [0, 0.05) is 35.7 Å². The fraction of sp³-hybridized carbons (Fsp3) is 0.419. The summed E-state index contributed by atoms with van der Waals surface area (Å²) in [6.07, 6.45) is 10.1. The largest absolute Gasteiger partial charge is 0.482 e. The summed E-state index contributed by atoms with van der Waals surface area (Å²) in [4.78, 5) is 17.9. The predicted octanol–water partition coefficient (Wildman–Crippen LogP) is 7.15. The Labute approximate surface area is 246 Å². The second kappa shape index (κ2) is 14.0. The molecule has 1 fully saturated rings. The summed E-state index contributed by atoms with van der Waals surface area (Å²) in [6, 6.07) is 18.4. The van der Waals surface area contributed by atoms with Crippen LogP contribution in [0.25, 0.3) is 0 Å². The van der Waals surface area contributed by atoms with E-state index in [2.05, 4.69) is 76.9 Å². The molecule has 0 aliphatic carbocycles. The van der Waals surface area contributed by atoms with Gasteiger partial charge in [-0.25, -0.2) is 0 Å². The SMILES string of the molecule is CNCCC(C)N1CCC(C2(c3ccc(SC)cc3)Cc3ccccc3O2)CC1.O=Cc1c(Cl)cncc1Cl. The van der Waals surface area contributed by atoms with Gasteiger partial charge in [-0.1, -0.05) is 53.5 Å². The minimum absolute atomic E-state index is 0.221. The lowest BCUT2D eigenvalue weighted by atomic mass is 9.73. The van der Waals surface area contributed by atoms with Crippen LogP contribution in [0, 0.1) is 5.92 Å². The van der Waals surface area contributed by atoms with Crippen LogP contribution in [-0.4, -0.2) is 55.1 Å². The molecule has 1 N–H and O–H groups in total. The zero-order valence-electron chi connectivity index (χ0n) is 22.8. The van der Waals surface area contributed by atoms with E-state index in [0.29, 0.717) is 23.8 Å². The second-order valence-corrected chi connectivity index (χ2v) is 11.9. The van der Waals surface area contributed by atoms with Crippen molar-refractivity contribution in [1.82, 2.24) is 15.2 Å². The van der Waals surface area contributed by atoms with Crippen molar-refractivity contribution in [2.45, 2.75) is 49.1 Å². The van der Waals surface area contributed by atoms with E-state index < -0.39 is 0 Å². The van der Waals surface area contributed by atoms with Crippen molar-refractivity contribution in [1.29, 1.82) is 0 Å². The molecule has 2 unspecified atom stereocenters. The van der Waals surface area contributed by atoms with E-state index in [1.54, 1.807) is 11.8 Å². The number of fused-ring (bicyclic) bond motifs is 1. The minimum atomic E-state index is -0.221. The maximum atomic E-state index is 10.3. The van der Waals surface area contributed by atoms with Crippen molar-refractivity contribution in [3.63, 3.8) is 0 Å². The normalized spacial score (nSPS) is 19.9. The summed E-state index contributed by atoms with van der Waals surface area (Å²) in [6.45, 7) is 5.79. The lowest BCUT2D eigenvalue weighted by Crippen LogP contribution is -2.48. The zero-order chi connectivity index (χ0) is 27.8. The summed E-state index contributed by atoms with van der Waals surface area (Å²) >= 11 is 12.9. The highest BCUT2D eigenvalue weighted by Crippen LogP contribution is 2.49. The number of benzene rings is 2. The highest BCUT2D eigenvalue weighted by atomic mass is 35.5. The molecule has 0 spiro atoms. The first-order valence-electron chi connectivity index (χ1n) is 13.5. The Morgan fingerprint density at radius 3 is 2.36 bits per heavy atom. The number of likely N-dealkylation sites (tertiary alicyclic amines) is 1. The van der Waals surface area contributed by atoms with Gasteiger partial charge in [0.25, 0.3) is 0 Å². The third-order valence-corrected chi connectivity index (χ3v) is 9.28. The average molecular weight is 587 g/mol. The van der Waals surface area contributed by atoms with Gasteiger partial charge in [0.05, 0.1) is 15.6 Å². The highest BCUT2D eigenvalue weighted by molar-refractivity contribution is 7.98. The van der Waals surface area contributed by atoms with Crippen LogP contribution in [0.15, 0.2) is 65.8 Å². The van der Waals surface area contributed by atoms with Crippen LogP contribution in [0.2, 0.25) is 10.0 Å². The number of aromatic nitrogens is 1. The number of piperidine rings is 1. The molecule has 2 aliphatic rings. The van der Waals surface area contributed by atoms with Gasteiger partial charge in [0.15, 0.2) is 6.29 Å². The molecule has 3 heterocycles. The maximum absolute atomic E-state index is 10.3. The molecule has 0 saturated carbocycles. The molecule has 39 heavy (non-hydrogen) atoms. The zero-order valence-corrected chi connectivity index (χ0v) is 25.2. The number of halogens is 2. The number of rotatable bonds is 8. The van der Waals surface area contributed by atoms with E-state index in [4.69, 9.17) is 27.9 Å².